The number of nitrogens with zero attached hydrogens (tertiary/aromatic N) is 1. The van der Waals surface area contributed by atoms with Gasteiger partial charge in [0.1, 0.15) is 16.0 Å². The van der Waals surface area contributed by atoms with Crippen LogP contribution >= 0.6 is 15.9 Å². The van der Waals surface area contributed by atoms with Crippen molar-refractivity contribution in [2.45, 2.75) is 20.3 Å². The number of benzene rings is 1. The van der Waals surface area contributed by atoms with Crippen LogP contribution in [0.2, 0.25) is 0 Å². The molecular formula is C14H15BrN2O2. The fraction of sp³-hybridized carbons (Fsp3) is 0.286. The van der Waals surface area contributed by atoms with Crippen molar-refractivity contribution in [3.8, 4) is 17.1 Å². The third kappa shape index (κ3) is 3.23. The first kappa shape index (κ1) is 13.8. The number of phenolic OH excluding ortho intramolecular Hbond substituents is 1. The second-order valence-electron chi connectivity index (χ2n) is 4.82. The van der Waals surface area contributed by atoms with Crippen LogP contribution < -0.4 is 5.56 Å². The zero-order valence-electron chi connectivity index (χ0n) is 10.8. The van der Waals surface area contributed by atoms with Gasteiger partial charge in [-0.25, -0.2) is 4.98 Å². The number of halogens is 1. The van der Waals surface area contributed by atoms with Gasteiger partial charge in [-0.15, -0.1) is 0 Å². The Morgan fingerprint density at radius 3 is 2.79 bits per heavy atom. The van der Waals surface area contributed by atoms with Crippen LogP contribution in [0.1, 0.15) is 19.5 Å². The van der Waals surface area contributed by atoms with E-state index in [-0.39, 0.29) is 11.3 Å². The standard InChI is InChI=1S/C14H15BrN2O2/c1-8(2)6-11-12(15)14(19)17-13(16-11)9-4-3-5-10(18)7-9/h3-5,7-8,18H,6H2,1-2H3,(H,16,17,19). The SMILES string of the molecule is CC(C)Cc1nc(-c2cccc(O)c2)[nH]c(=O)c1Br. The maximum absolute atomic E-state index is 11.9. The largest absolute Gasteiger partial charge is 0.508 e. The van der Waals surface area contributed by atoms with E-state index in [1.807, 2.05) is 0 Å². The molecule has 0 saturated heterocycles. The lowest BCUT2D eigenvalue weighted by molar-refractivity contribution is 0.475. The van der Waals surface area contributed by atoms with E-state index in [4.69, 9.17) is 0 Å². The highest BCUT2D eigenvalue weighted by atomic mass is 79.9. The van der Waals surface area contributed by atoms with Gasteiger partial charge >= 0.3 is 0 Å². The van der Waals surface area contributed by atoms with Crippen LogP contribution in [0.3, 0.4) is 0 Å². The molecule has 0 amide bonds. The number of hydrogen-bond donors (Lipinski definition) is 2. The summed E-state index contributed by atoms with van der Waals surface area (Å²) in [6.07, 6.45) is 0.719. The molecule has 0 aliphatic rings. The lowest BCUT2D eigenvalue weighted by Gasteiger charge is -2.09. The summed E-state index contributed by atoms with van der Waals surface area (Å²) in [6.45, 7) is 4.15. The average molecular weight is 323 g/mol. The van der Waals surface area contributed by atoms with Crippen molar-refractivity contribution < 1.29 is 5.11 Å². The number of nitrogens with one attached hydrogen (secondary N) is 1. The van der Waals surface area contributed by atoms with Crippen LogP contribution in [0.4, 0.5) is 0 Å². The lowest BCUT2D eigenvalue weighted by Crippen LogP contribution is -2.14. The Morgan fingerprint density at radius 2 is 2.16 bits per heavy atom. The molecule has 1 aromatic carbocycles. The molecule has 2 N–H and O–H groups in total. The normalized spacial score (nSPS) is 10.9. The van der Waals surface area contributed by atoms with E-state index >= 15 is 0 Å². The van der Waals surface area contributed by atoms with E-state index in [1.54, 1.807) is 24.3 Å². The Labute approximate surface area is 119 Å². The third-order valence-electron chi connectivity index (χ3n) is 2.65. The van der Waals surface area contributed by atoms with Crippen molar-refractivity contribution in [2.75, 3.05) is 0 Å². The van der Waals surface area contributed by atoms with E-state index in [9.17, 15) is 9.90 Å². The van der Waals surface area contributed by atoms with Crippen LogP contribution in [-0.2, 0) is 6.42 Å². The zero-order valence-corrected chi connectivity index (χ0v) is 12.4. The van der Waals surface area contributed by atoms with Gasteiger partial charge in [-0.3, -0.25) is 4.79 Å². The summed E-state index contributed by atoms with van der Waals surface area (Å²) in [7, 11) is 0. The maximum atomic E-state index is 11.9. The molecule has 0 fully saturated rings. The highest BCUT2D eigenvalue weighted by Crippen LogP contribution is 2.21. The van der Waals surface area contributed by atoms with Crippen molar-refractivity contribution in [2.24, 2.45) is 5.92 Å². The van der Waals surface area contributed by atoms with Gasteiger partial charge in [-0.1, -0.05) is 26.0 Å². The van der Waals surface area contributed by atoms with Crippen molar-refractivity contribution >= 4 is 15.9 Å². The number of aromatic nitrogens is 2. The highest BCUT2D eigenvalue weighted by molar-refractivity contribution is 9.10. The van der Waals surface area contributed by atoms with Gasteiger partial charge in [-0.05, 0) is 40.4 Å². The van der Waals surface area contributed by atoms with Crippen LogP contribution in [-0.4, -0.2) is 15.1 Å². The van der Waals surface area contributed by atoms with Crippen molar-refractivity contribution in [1.82, 2.24) is 9.97 Å². The molecule has 0 unspecified atom stereocenters. The zero-order chi connectivity index (χ0) is 14.0. The Balaban J connectivity index is 2.53. The summed E-state index contributed by atoms with van der Waals surface area (Å²) in [4.78, 5) is 19.1. The monoisotopic (exact) mass is 322 g/mol. The van der Waals surface area contributed by atoms with Gasteiger partial charge in [0, 0.05) is 5.56 Å². The topological polar surface area (TPSA) is 66.0 Å². The molecule has 1 aromatic heterocycles. The summed E-state index contributed by atoms with van der Waals surface area (Å²) >= 11 is 3.27. The van der Waals surface area contributed by atoms with E-state index in [1.165, 1.54) is 0 Å². The number of aromatic hydroxyl groups is 1. The first-order chi connectivity index (χ1) is 8.97. The van der Waals surface area contributed by atoms with Gasteiger partial charge in [-0.2, -0.15) is 0 Å². The minimum absolute atomic E-state index is 0.147. The number of phenols is 1. The fourth-order valence-electron chi connectivity index (χ4n) is 1.82. The number of rotatable bonds is 3. The quantitative estimate of drug-likeness (QED) is 0.912. The molecule has 2 rings (SSSR count). The van der Waals surface area contributed by atoms with Crippen LogP contribution in [0.15, 0.2) is 33.5 Å². The molecular weight excluding hydrogens is 308 g/mol. The Kier molecular flexibility index (Phi) is 4.04. The molecule has 0 aliphatic carbocycles. The molecule has 1 heterocycles. The fourth-order valence-corrected chi connectivity index (χ4v) is 2.17. The molecule has 0 atom stereocenters. The lowest BCUT2D eigenvalue weighted by atomic mass is 10.1. The van der Waals surface area contributed by atoms with E-state index in [0.29, 0.717) is 21.8 Å². The number of aromatic amines is 1. The van der Waals surface area contributed by atoms with E-state index in [0.717, 1.165) is 12.1 Å². The van der Waals surface area contributed by atoms with E-state index < -0.39 is 0 Å². The maximum Gasteiger partial charge on any atom is 0.265 e. The van der Waals surface area contributed by atoms with Gasteiger partial charge in [0.15, 0.2) is 0 Å². The summed E-state index contributed by atoms with van der Waals surface area (Å²) in [6, 6.07) is 6.67. The second-order valence-corrected chi connectivity index (χ2v) is 5.62. The first-order valence-electron chi connectivity index (χ1n) is 6.05. The summed E-state index contributed by atoms with van der Waals surface area (Å²) in [5.74, 6) is 1.02. The van der Waals surface area contributed by atoms with Gasteiger partial charge < -0.3 is 10.1 Å². The molecule has 100 valence electrons. The highest BCUT2D eigenvalue weighted by Gasteiger charge is 2.12. The predicted octanol–water partition coefficient (Wildman–Crippen LogP) is 3.10. The Morgan fingerprint density at radius 1 is 1.42 bits per heavy atom. The molecule has 19 heavy (non-hydrogen) atoms. The summed E-state index contributed by atoms with van der Waals surface area (Å²) in [5, 5.41) is 9.48. The number of hydrogen-bond acceptors (Lipinski definition) is 3. The Bertz CT molecular complexity index is 650. The molecule has 0 spiro atoms. The smallest absolute Gasteiger partial charge is 0.265 e. The molecule has 0 saturated carbocycles. The van der Waals surface area contributed by atoms with Crippen molar-refractivity contribution in [1.29, 1.82) is 0 Å². The Hall–Kier alpha value is -1.62. The van der Waals surface area contributed by atoms with Gasteiger partial charge in [0.05, 0.1) is 5.69 Å². The first-order valence-corrected chi connectivity index (χ1v) is 6.84. The summed E-state index contributed by atoms with van der Waals surface area (Å²) < 4.78 is 0.477. The third-order valence-corrected chi connectivity index (χ3v) is 3.47. The predicted molar refractivity (Wildman–Crippen MR) is 78.2 cm³/mol. The van der Waals surface area contributed by atoms with Gasteiger partial charge in [0.2, 0.25) is 0 Å². The number of H-pyrrole nitrogens is 1. The second kappa shape index (κ2) is 5.57. The van der Waals surface area contributed by atoms with Crippen LogP contribution in [0, 0.1) is 5.92 Å². The molecule has 0 aliphatic heterocycles. The molecule has 4 nitrogen and oxygen atoms in total. The molecule has 0 radical (unpaired) electrons. The van der Waals surface area contributed by atoms with Crippen molar-refractivity contribution in [3.63, 3.8) is 0 Å². The van der Waals surface area contributed by atoms with Crippen molar-refractivity contribution in [3.05, 3.63) is 44.8 Å². The van der Waals surface area contributed by atoms with Gasteiger partial charge in [0.25, 0.3) is 5.56 Å². The summed E-state index contributed by atoms with van der Waals surface area (Å²) in [5.41, 5.74) is 1.22. The van der Waals surface area contributed by atoms with Crippen LogP contribution in [0.25, 0.3) is 11.4 Å². The molecule has 5 heteroatoms. The van der Waals surface area contributed by atoms with E-state index in [2.05, 4.69) is 39.7 Å². The molecule has 0 bridgehead atoms. The minimum atomic E-state index is -0.205. The molecule has 2 aromatic rings. The van der Waals surface area contributed by atoms with Crippen LogP contribution in [0.5, 0.6) is 5.75 Å². The minimum Gasteiger partial charge on any atom is -0.508 e. The average Bonchev–Trinajstić information content (AvgIpc) is 2.34.